The Morgan fingerprint density at radius 2 is 2.06 bits per heavy atom. The lowest BCUT2D eigenvalue weighted by Gasteiger charge is -2.39. The van der Waals surface area contributed by atoms with Gasteiger partial charge in [0.1, 0.15) is 0 Å². The van der Waals surface area contributed by atoms with Crippen LogP contribution in [0.5, 0.6) is 0 Å². The molecule has 0 spiro atoms. The molecular formula is C23H40IN5OS. The number of nitrogens with one attached hydrogen (secondary N) is 2. The first kappa shape index (κ1) is 25.2. The van der Waals surface area contributed by atoms with Crippen molar-refractivity contribution in [3.8, 4) is 0 Å². The van der Waals surface area contributed by atoms with Crippen molar-refractivity contribution < 1.29 is 4.74 Å². The van der Waals surface area contributed by atoms with Gasteiger partial charge in [-0.1, -0.05) is 6.07 Å². The van der Waals surface area contributed by atoms with E-state index in [1.807, 2.05) is 18.4 Å². The van der Waals surface area contributed by atoms with E-state index < -0.39 is 0 Å². The third-order valence-electron chi connectivity index (χ3n) is 7.07. The summed E-state index contributed by atoms with van der Waals surface area (Å²) in [5.41, 5.74) is 0. The van der Waals surface area contributed by atoms with Crippen LogP contribution in [0.1, 0.15) is 43.0 Å². The lowest BCUT2D eigenvalue weighted by Crippen LogP contribution is -2.51. The van der Waals surface area contributed by atoms with Gasteiger partial charge < -0.3 is 20.3 Å². The molecule has 3 aliphatic heterocycles. The zero-order chi connectivity index (χ0) is 20.8. The normalized spacial score (nSPS) is 29.0. The average molecular weight is 562 g/mol. The van der Waals surface area contributed by atoms with Gasteiger partial charge in [0.15, 0.2) is 5.96 Å². The van der Waals surface area contributed by atoms with Crippen LogP contribution in [0.3, 0.4) is 0 Å². The van der Waals surface area contributed by atoms with E-state index >= 15 is 0 Å². The highest BCUT2D eigenvalue weighted by Gasteiger charge is 2.31. The largest absolute Gasteiger partial charge is 0.381 e. The highest BCUT2D eigenvalue weighted by molar-refractivity contribution is 14.0. The van der Waals surface area contributed by atoms with Crippen molar-refractivity contribution in [1.82, 2.24) is 20.4 Å². The molecule has 0 saturated carbocycles. The number of guanidine groups is 1. The minimum Gasteiger partial charge on any atom is -0.381 e. The third-order valence-corrected chi connectivity index (χ3v) is 8.01. The van der Waals surface area contributed by atoms with E-state index in [2.05, 4.69) is 50.0 Å². The molecule has 1 aromatic heterocycles. The maximum absolute atomic E-state index is 5.54. The fraction of sp³-hybridized carbons (Fsp3) is 0.783. The van der Waals surface area contributed by atoms with E-state index in [1.54, 1.807) is 0 Å². The zero-order valence-electron chi connectivity index (χ0n) is 19.1. The Hall–Kier alpha value is -0.420. The number of nitrogens with zero attached hydrogens (tertiary/aromatic N) is 3. The summed E-state index contributed by atoms with van der Waals surface area (Å²) in [6.07, 6.45) is 6.18. The summed E-state index contributed by atoms with van der Waals surface area (Å²) in [6, 6.07) is 5.52. The zero-order valence-corrected chi connectivity index (χ0v) is 22.2. The highest BCUT2D eigenvalue weighted by atomic mass is 127. The maximum Gasteiger partial charge on any atom is 0.191 e. The number of ether oxygens (including phenoxy) is 1. The van der Waals surface area contributed by atoms with E-state index in [0.29, 0.717) is 18.0 Å². The van der Waals surface area contributed by atoms with E-state index in [0.717, 1.165) is 31.6 Å². The second-order valence-electron chi connectivity index (χ2n) is 9.25. The van der Waals surface area contributed by atoms with E-state index in [9.17, 15) is 0 Å². The van der Waals surface area contributed by atoms with Gasteiger partial charge in [-0.05, 0) is 69.0 Å². The standard InChI is InChI=1S/C23H39N5OS.HI/c1-24-23(26-20-7-11-28(12-8-20)16-18-9-13-29-17-18)25-15-19-5-3-10-27(2)22(19)21-6-4-14-30-21;/h4,6,14,18-20,22H,3,5,7-13,15-17H2,1-2H3,(H2,24,25,26);1H. The molecule has 1 aromatic rings. The van der Waals surface area contributed by atoms with Crippen LogP contribution in [0.4, 0.5) is 0 Å². The van der Waals surface area contributed by atoms with Crippen molar-refractivity contribution in [3.05, 3.63) is 22.4 Å². The van der Waals surface area contributed by atoms with E-state index in [1.165, 1.54) is 63.2 Å². The van der Waals surface area contributed by atoms with Gasteiger partial charge in [-0.3, -0.25) is 9.89 Å². The molecule has 3 saturated heterocycles. The number of rotatable bonds is 6. The predicted octanol–water partition coefficient (Wildman–Crippen LogP) is 3.41. The molecule has 176 valence electrons. The van der Waals surface area contributed by atoms with Crippen molar-refractivity contribution in [1.29, 1.82) is 0 Å². The minimum absolute atomic E-state index is 0. The number of halogens is 1. The van der Waals surface area contributed by atoms with E-state index in [-0.39, 0.29) is 24.0 Å². The topological polar surface area (TPSA) is 52.1 Å². The van der Waals surface area contributed by atoms with Gasteiger partial charge in [-0.15, -0.1) is 35.3 Å². The first-order valence-corrected chi connectivity index (χ1v) is 12.6. The van der Waals surface area contributed by atoms with Crippen molar-refractivity contribution in [3.63, 3.8) is 0 Å². The van der Waals surface area contributed by atoms with Crippen LogP contribution < -0.4 is 10.6 Å². The monoisotopic (exact) mass is 561 g/mol. The molecule has 3 atom stereocenters. The summed E-state index contributed by atoms with van der Waals surface area (Å²) < 4.78 is 5.54. The number of aliphatic imine (C=N–C) groups is 1. The molecule has 0 aliphatic carbocycles. The van der Waals surface area contributed by atoms with Gasteiger partial charge in [0.05, 0.1) is 6.61 Å². The summed E-state index contributed by atoms with van der Waals surface area (Å²) in [4.78, 5) is 11.2. The summed E-state index contributed by atoms with van der Waals surface area (Å²) in [5, 5.41) is 9.56. The Bertz CT molecular complexity index is 659. The maximum atomic E-state index is 5.54. The summed E-state index contributed by atoms with van der Waals surface area (Å²) in [5.74, 6) is 2.33. The first-order valence-electron chi connectivity index (χ1n) is 11.7. The van der Waals surface area contributed by atoms with E-state index in [4.69, 9.17) is 4.74 Å². The van der Waals surface area contributed by atoms with Crippen LogP contribution >= 0.6 is 35.3 Å². The Labute approximate surface area is 209 Å². The molecule has 6 nitrogen and oxygen atoms in total. The Balaban J connectivity index is 0.00000272. The smallest absolute Gasteiger partial charge is 0.191 e. The van der Waals surface area contributed by atoms with Crippen molar-refractivity contribution >= 4 is 41.3 Å². The second kappa shape index (κ2) is 12.7. The summed E-state index contributed by atoms with van der Waals surface area (Å²) >= 11 is 1.89. The lowest BCUT2D eigenvalue weighted by molar-refractivity contribution is 0.125. The molecule has 3 fully saturated rings. The van der Waals surface area contributed by atoms with Crippen LogP contribution in [0.15, 0.2) is 22.5 Å². The van der Waals surface area contributed by atoms with Gasteiger partial charge in [0.25, 0.3) is 0 Å². The van der Waals surface area contributed by atoms with Crippen LogP contribution in [0.2, 0.25) is 0 Å². The second-order valence-corrected chi connectivity index (χ2v) is 10.2. The van der Waals surface area contributed by atoms with Crippen molar-refractivity contribution in [2.45, 2.75) is 44.2 Å². The molecule has 0 aromatic carbocycles. The molecule has 8 heteroatoms. The summed E-state index contributed by atoms with van der Waals surface area (Å²) in [7, 11) is 4.17. The molecule has 4 heterocycles. The van der Waals surface area contributed by atoms with Gasteiger partial charge in [0, 0.05) is 56.8 Å². The molecule has 3 unspecified atom stereocenters. The first-order chi connectivity index (χ1) is 14.7. The van der Waals surface area contributed by atoms with Gasteiger partial charge in [-0.25, -0.2) is 0 Å². The van der Waals surface area contributed by atoms with Gasteiger partial charge in [0.2, 0.25) is 0 Å². The molecular weight excluding hydrogens is 521 g/mol. The van der Waals surface area contributed by atoms with Crippen LogP contribution in [0, 0.1) is 11.8 Å². The summed E-state index contributed by atoms with van der Waals surface area (Å²) in [6.45, 7) is 7.65. The van der Waals surface area contributed by atoms with Crippen LogP contribution in [-0.2, 0) is 4.74 Å². The number of hydrogen-bond acceptors (Lipinski definition) is 5. The number of thiophene rings is 1. The minimum atomic E-state index is 0. The average Bonchev–Trinajstić information content (AvgIpc) is 3.47. The lowest BCUT2D eigenvalue weighted by atomic mass is 9.88. The third kappa shape index (κ3) is 7.03. The fourth-order valence-electron chi connectivity index (χ4n) is 5.35. The molecule has 0 radical (unpaired) electrons. The van der Waals surface area contributed by atoms with Crippen LogP contribution in [0.25, 0.3) is 0 Å². The highest BCUT2D eigenvalue weighted by Crippen LogP contribution is 2.36. The molecule has 2 N–H and O–H groups in total. The molecule has 3 aliphatic rings. The quantitative estimate of drug-likeness (QED) is 0.317. The molecule has 0 bridgehead atoms. The molecule has 31 heavy (non-hydrogen) atoms. The van der Waals surface area contributed by atoms with Crippen molar-refractivity contribution in [2.24, 2.45) is 16.8 Å². The number of piperidine rings is 2. The van der Waals surface area contributed by atoms with Gasteiger partial charge >= 0.3 is 0 Å². The Morgan fingerprint density at radius 3 is 2.74 bits per heavy atom. The SMILES string of the molecule is CN=C(NCC1CCCN(C)C1c1cccs1)NC1CCN(CC2CCOC2)CC1.I. The van der Waals surface area contributed by atoms with Crippen LogP contribution in [-0.4, -0.2) is 81.8 Å². The number of likely N-dealkylation sites (tertiary alicyclic amines) is 2. The Morgan fingerprint density at radius 1 is 1.23 bits per heavy atom. The predicted molar refractivity (Wildman–Crippen MR) is 141 cm³/mol. The van der Waals surface area contributed by atoms with Gasteiger partial charge in [-0.2, -0.15) is 0 Å². The fourth-order valence-corrected chi connectivity index (χ4v) is 6.33. The molecule has 0 amide bonds. The number of hydrogen-bond donors (Lipinski definition) is 2. The Kier molecular flexibility index (Phi) is 10.3. The molecule has 4 rings (SSSR count). The van der Waals surface area contributed by atoms with Crippen molar-refractivity contribution in [2.75, 3.05) is 60.0 Å².